The fourth-order valence-electron chi connectivity index (χ4n) is 3.26. The number of fused-ring (bicyclic) bond motifs is 3. The number of anilines is 3. The molecule has 2 heterocycles. The van der Waals surface area contributed by atoms with Crippen LogP contribution in [0.1, 0.15) is 5.56 Å². The number of halogens is 1. The molecule has 4 rings (SSSR count). The Labute approximate surface area is 190 Å². The zero-order valence-corrected chi connectivity index (χ0v) is 18.5. The van der Waals surface area contributed by atoms with E-state index in [1.54, 1.807) is 36.5 Å². The lowest BCUT2D eigenvalue weighted by Crippen LogP contribution is -2.27. The number of carbonyl (C=O) groups excluding carboxylic acids is 1. The Morgan fingerprint density at radius 3 is 2.72 bits per heavy atom. The minimum Gasteiger partial charge on any atom is -0.325 e. The largest absolute Gasteiger partial charge is 0.325 e. The number of aromatic nitrogens is 2. The molecule has 8 nitrogen and oxygen atoms in total. The number of nitrogens with zero attached hydrogens (tertiary/aromatic N) is 3. The van der Waals surface area contributed by atoms with Gasteiger partial charge in [-0.25, -0.2) is 18.4 Å². The van der Waals surface area contributed by atoms with E-state index in [1.165, 1.54) is 19.2 Å². The summed E-state index contributed by atoms with van der Waals surface area (Å²) in [4.78, 5) is 21.2. The van der Waals surface area contributed by atoms with E-state index in [4.69, 9.17) is 18.0 Å². The number of rotatable bonds is 5. The Balaban J connectivity index is 1.63. The number of sulfonamides is 1. The summed E-state index contributed by atoms with van der Waals surface area (Å²) in [7, 11) is -2.24. The number of amides is 1. The average molecular weight is 468 g/mol. The minimum atomic E-state index is -3.67. The molecule has 0 aliphatic carbocycles. The van der Waals surface area contributed by atoms with Gasteiger partial charge in [-0.2, -0.15) is 4.31 Å². The summed E-state index contributed by atoms with van der Waals surface area (Å²) in [5.74, 6) is 2.44. The van der Waals surface area contributed by atoms with E-state index >= 15 is 0 Å². The molecule has 1 aliphatic rings. The van der Waals surface area contributed by atoms with Crippen LogP contribution in [-0.4, -0.2) is 42.2 Å². The summed E-state index contributed by atoms with van der Waals surface area (Å²) < 4.78 is 26.1. The van der Waals surface area contributed by atoms with Crippen molar-refractivity contribution in [1.29, 1.82) is 0 Å². The van der Waals surface area contributed by atoms with Crippen LogP contribution in [0.25, 0.3) is 11.3 Å². The minimum absolute atomic E-state index is 0.0185. The molecule has 1 aliphatic heterocycles. The number of carbonyl (C=O) groups is 1. The van der Waals surface area contributed by atoms with Crippen LogP contribution < -0.4 is 10.6 Å². The van der Waals surface area contributed by atoms with Gasteiger partial charge in [-0.1, -0.05) is 17.5 Å². The Kier molecular flexibility index (Phi) is 5.84. The van der Waals surface area contributed by atoms with Crippen LogP contribution in [0, 0.1) is 12.3 Å². The van der Waals surface area contributed by atoms with Crippen LogP contribution in [0.3, 0.4) is 0 Å². The van der Waals surface area contributed by atoms with E-state index in [2.05, 4.69) is 26.5 Å². The molecule has 10 heteroatoms. The quantitative estimate of drug-likeness (QED) is 0.558. The summed E-state index contributed by atoms with van der Waals surface area (Å²) in [6, 6.07) is 11.4. The van der Waals surface area contributed by atoms with Crippen LogP contribution in [0.15, 0.2) is 53.6 Å². The van der Waals surface area contributed by atoms with Crippen molar-refractivity contribution in [2.24, 2.45) is 0 Å². The van der Waals surface area contributed by atoms with Gasteiger partial charge in [0.1, 0.15) is 0 Å². The lowest BCUT2D eigenvalue weighted by atomic mass is 10.1. The third-order valence-electron chi connectivity index (χ3n) is 4.86. The molecule has 3 aromatic rings. The molecule has 2 aromatic carbocycles. The first kappa shape index (κ1) is 21.8. The Morgan fingerprint density at radius 1 is 1.25 bits per heavy atom. The summed E-state index contributed by atoms with van der Waals surface area (Å²) in [5.41, 5.74) is 3.22. The highest BCUT2D eigenvalue weighted by atomic mass is 35.5. The third kappa shape index (κ3) is 4.29. The van der Waals surface area contributed by atoms with Crippen molar-refractivity contribution >= 4 is 44.9 Å². The number of nitrogens with one attached hydrogen (secondary N) is 2. The molecular formula is C22H18ClN5O3S. The molecule has 2 N–H and O–H groups in total. The molecule has 0 atom stereocenters. The van der Waals surface area contributed by atoms with E-state index in [0.29, 0.717) is 33.6 Å². The van der Waals surface area contributed by atoms with Crippen molar-refractivity contribution in [3.8, 4) is 23.6 Å². The third-order valence-corrected chi connectivity index (χ3v) is 6.91. The molecule has 1 aromatic heterocycles. The molecule has 0 unspecified atom stereocenters. The predicted octanol–water partition coefficient (Wildman–Crippen LogP) is 3.29. The van der Waals surface area contributed by atoms with Crippen molar-refractivity contribution < 1.29 is 13.2 Å². The number of benzene rings is 2. The number of hydrogen-bond acceptors (Lipinski definition) is 6. The second kappa shape index (κ2) is 8.59. The summed E-state index contributed by atoms with van der Waals surface area (Å²) in [6.07, 6.45) is 6.95. The van der Waals surface area contributed by atoms with Gasteiger partial charge in [-0.15, -0.1) is 6.42 Å². The molecule has 0 radical (unpaired) electrons. The van der Waals surface area contributed by atoms with E-state index in [9.17, 15) is 13.2 Å². The zero-order chi connectivity index (χ0) is 22.9. The smallest absolute Gasteiger partial charge is 0.243 e. The molecule has 0 saturated carbocycles. The van der Waals surface area contributed by atoms with Gasteiger partial charge in [0, 0.05) is 35.1 Å². The van der Waals surface area contributed by atoms with Gasteiger partial charge >= 0.3 is 0 Å². The highest BCUT2D eigenvalue weighted by Crippen LogP contribution is 2.34. The van der Waals surface area contributed by atoms with Crippen molar-refractivity contribution in [3.63, 3.8) is 0 Å². The first-order chi connectivity index (χ1) is 15.3. The Morgan fingerprint density at radius 2 is 2.00 bits per heavy atom. The summed E-state index contributed by atoms with van der Waals surface area (Å²) in [5, 5.41) is 6.40. The van der Waals surface area contributed by atoms with Crippen LogP contribution in [0.2, 0.25) is 5.02 Å². The van der Waals surface area contributed by atoms with Gasteiger partial charge in [0.25, 0.3) is 0 Å². The maximum Gasteiger partial charge on any atom is 0.243 e. The topological polar surface area (TPSA) is 104 Å². The van der Waals surface area contributed by atoms with E-state index in [0.717, 1.165) is 9.87 Å². The molecule has 32 heavy (non-hydrogen) atoms. The molecule has 1 amide bonds. The maximum atomic E-state index is 12.5. The normalized spacial score (nSPS) is 12.9. The van der Waals surface area contributed by atoms with Crippen molar-refractivity contribution in [2.45, 2.75) is 11.3 Å². The van der Waals surface area contributed by atoms with E-state index in [-0.39, 0.29) is 23.8 Å². The fraction of sp³-hybridized carbons (Fsp3) is 0.136. The van der Waals surface area contributed by atoms with Gasteiger partial charge in [0.05, 0.1) is 29.2 Å². The Hall–Kier alpha value is -3.45. The van der Waals surface area contributed by atoms with Crippen LogP contribution in [-0.2, 0) is 21.2 Å². The highest BCUT2D eigenvalue weighted by molar-refractivity contribution is 7.89. The van der Waals surface area contributed by atoms with Crippen molar-refractivity contribution in [2.75, 3.05) is 24.2 Å². The average Bonchev–Trinajstić information content (AvgIpc) is 2.89. The van der Waals surface area contributed by atoms with Gasteiger partial charge < -0.3 is 10.6 Å². The summed E-state index contributed by atoms with van der Waals surface area (Å²) in [6.45, 7) is -0.0185. The standard InChI is InChI=1S/C22H18ClN5O3S/c1-3-10-28(2)32(30,31)17-7-5-16(6-8-17)25-22-24-13-14-11-20(29)26-19-12-15(23)4-9-18(19)21(14)27-22/h1,4-9,12-13H,10-11H2,2H3,(H,26,29)(H,24,25,27). The van der Waals surface area contributed by atoms with Crippen LogP contribution in [0.4, 0.5) is 17.3 Å². The van der Waals surface area contributed by atoms with Crippen molar-refractivity contribution in [1.82, 2.24) is 14.3 Å². The maximum absolute atomic E-state index is 12.5. The molecule has 162 valence electrons. The van der Waals surface area contributed by atoms with Gasteiger partial charge in [0.15, 0.2) is 0 Å². The lowest BCUT2D eigenvalue weighted by Gasteiger charge is -2.15. The molecule has 0 spiro atoms. The van der Waals surface area contributed by atoms with Crippen LogP contribution >= 0.6 is 11.6 Å². The molecular weight excluding hydrogens is 450 g/mol. The number of hydrogen-bond donors (Lipinski definition) is 2. The van der Waals surface area contributed by atoms with E-state index < -0.39 is 10.0 Å². The second-order valence-electron chi connectivity index (χ2n) is 7.10. The highest BCUT2D eigenvalue weighted by Gasteiger charge is 2.22. The first-order valence-electron chi connectivity index (χ1n) is 9.50. The van der Waals surface area contributed by atoms with Gasteiger partial charge in [0.2, 0.25) is 21.9 Å². The van der Waals surface area contributed by atoms with Crippen LogP contribution in [0.5, 0.6) is 0 Å². The van der Waals surface area contributed by atoms with Crippen molar-refractivity contribution in [3.05, 3.63) is 59.2 Å². The number of terminal acetylenes is 1. The molecule has 0 bridgehead atoms. The monoisotopic (exact) mass is 467 g/mol. The molecule has 0 fully saturated rings. The molecule has 0 saturated heterocycles. The SMILES string of the molecule is C#CCN(C)S(=O)(=O)c1ccc(Nc2ncc3c(n2)-c2ccc(Cl)cc2NC(=O)C3)cc1. The first-order valence-corrected chi connectivity index (χ1v) is 11.3. The van der Waals surface area contributed by atoms with Gasteiger partial charge in [-0.3, -0.25) is 4.79 Å². The zero-order valence-electron chi connectivity index (χ0n) is 17.0. The van der Waals surface area contributed by atoms with E-state index in [1.807, 2.05) is 0 Å². The predicted molar refractivity (Wildman–Crippen MR) is 123 cm³/mol. The lowest BCUT2D eigenvalue weighted by molar-refractivity contribution is -0.115. The summed E-state index contributed by atoms with van der Waals surface area (Å²) >= 11 is 6.07. The second-order valence-corrected chi connectivity index (χ2v) is 9.58. The fourth-order valence-corrected chi connectivity index (χ4v) is 4.51. The Bertz CT molecular complexity index is 1350. The van der Waals surface area contributed by atoms with Gasteiger partial charge in [-0.05, 0) is 42.5 Å².